The Kier molecular flexibility index (Phi) is 3.58. The number of pyridine rings is 1. The van der Waals surface area contributed by atoms with E-state index in [4.69, 9.17) is 5.11 Å². The van der Waals surface area contributed by atoms with Gasteiger partial charge in [0.2, 0.25) is 0 Å². The van der Waals surface area contributed by atoms with Crippen LogP contribution in [0.1, 0.15) is 21.6 Å². The third kappa shape index (κ3) is 2.81. The van der Waals surface area contributed by atoms with E-state index in [1.54, 1.807) is 36.4 Å². The zero-order chi connectivity index (χ0) is 15.5. The van der Waals surface area contributed by atoms with E-state index in [0.29, 0.717) is 5.56 Å². The fourth-order valence-corrected chi connectivity index (χ4v) is 2.17. The Morgan fingerprint density at radius 2 is 1.82 bits per heavy atom. The number of para-hydroxylation sites is 1. The van der Waals surface area contributed by atoms with Gasteiger partial charge in [0.05, 0.1) is 16.8 Å². The smallest absolute Gasteiger partial charge is 0.335 e. The molecule has 3 aromatic rings. The lowest BCUT2D eigenvalue weighted by Gasteiger charge is -2.01. The number of benzene rings is 2. The molecule has 0 aliphatic carbocycles. The van der Waals surface area contributed by atoms with Crippen molar-refractivity contribution >= 4 is 29.0 Å². The van der Waals surface area contributed by atoms with Gasteiger partial charge in [-0.25, -0.2) is 9.78 Å². The lowest BCUT2D eigenvalue weighted by molar-refractivity contribution is 0.0697. The fourth-order valence-electron chi connectivity index (χ4n) is 2.17. The minimum atomic E-state index is -0.953. The van der Waals surface area contributed by atoms with Crippen LogP contribution < -0.4 is 0 Å². The van der Waals surface area contributed by atoms with Gasteiger partial charge in [0.1, 0.15) is 5.75 Å². The van der Waals surface area contributed by atoms with Crippen LogP contribution >= 0.6 is 0 Å². The average molecular weight is 291 g/mol. The van der Waals surface area contributed by atoms with Gasteiger partial charge < -0.3 is 10.2 Å². The average Bonchev–Trinajstić information content (AvgIpc) is 2.53. The van der Waals surface area contributed by atoms with Crippen molar-refractivity contribution in [2.75, 3.05) is 0 Å². The summed E-state index contributed by atoms with van der Waals surface area (Å²) in [6.45, 7) is 0. The van der Waals surface area contributed by atoms with Crippen LogP contribution in [0, 0.1) is 0 Å². The van der Waals surface area contributed by atoms with Gasteiger partial charge in [-0.3, -0.25) is 0 Å². The van der Waals surface area contributed by atoms with Crippen molar-refractivity contribution < 1.29 is 15.0 Å². The first-order valence-electron chi connectivity index (χ1n) is 6.74. The molecule has 0 aliphatic rings. The lowest BCUT2D eigenvalue weighted by atomic mass is 10.1. The number of phenols is 1. The molecule has 2 aromatic carbocycles. The summed E-state index contributed by atoms with van der Waals surface area (Å²) in [7, 11) is 0. The Labute approximate surface area is 127 Å². The maximum atomic E-state index is 10.9. The predicted molar refractivity (Wildman–Crippen MR) is 85.7 cm³/mol. The van der Waals surface area contributed by atoms with Gasteiger partial charge in [0, 0.05) is 10.9 Å². The zero-order valence-electron chi connectivity index (χ0n) is 11.6. The predicted octanol–water partition coefficient (Wildman–Crippen LogP) is 3.81. The SMILES string of the molecule is O=C(O)c1ccc2nc(/C=C/c3ccccc3O)ccc2c1. The molecule has 4 heteroatoms. The highest BCUT2D eigenvalue weighted by molar-refractivity contribution is 5.93. The van der Waals surface area contributed by atoms with Gasteiger partial charge in [0.25, 0.3) is 0 Å². The number of nitrogens with zero attached hydrogens (tertiary/aromatic N) is 1. The molecule has 0 unspecified atom stereocenters. The van der Waals surface area contributed by atoms with Gasteiger partial charge in [0.15, 0.2) is 0 Å². The van der Waals surface area contributed by atoms with Crippen molar-refractivity contribution in [1.82, 2.24) is 4.98 Å². The number of carboxylic acids is 1. The van der Waals surface area contributed by atoms with E-state index in [9.17, 15) is 9.90 Å². The minimum Gasteiger partial charge on any atom is -0.507 e. The summed E-state index contributed by atoms with van der Waals surface area (Å²) in [5.41, 5.74) is 2.42. The Morgan fingerprint density at radius 3 is 2.59 bits per heavy atom. The standard InChI is InChI=1S/C18H13NO3/c20-17-4-2-1-3-12(17)5-8-15-9-6-13-11-14(18(21)22)7-10-16(13)19-15/h1-11,20H,(H,21,22)/b8-5+. The highest BCUT2D eigenvalue weighted by Crippen LogP contribution is 2.20. The molecule has 3 rings (SSSR count). The third-order valence-electron chi connectivity index (χ3n) is 3.33. The van der Waals surface area contributed by atoms with Crippen molar-refractivity contribution in [3.05, 3.63) is 71.4 Å². The first-order valence-corrected chi connectivity index (χ1v) is 6.74. The van der Waals surface area contributed by atoms with Gasteiger partial charge in [-0.15, -0.1) is 0 Å². The summed E-state index contributed by atoms with van der Waals surface area (Å²) in [5, 5.41) is 19.5. The number of phenolic OH excluding ortho intramolecular Hbond substituents is 1. The molecular weight excluding hydrogens is 278 g/mol. The molecular formula is C18H13NO3. The Hall–Kier alpha value is -3.14. The quantitative estimate of drug-likeness (QED) is 0.769. The molecule has 0 spiro atoms. The van der Waals surface area contributed by atoms with Crippen LogP contribution in [0.2, 0.25) is 0 Å². The van der Waals surface area contributed by atoms with E-state index in [2.05, 4.69) is 4.98 Å². The second-order valence-electron chi connectivity index (χ2n) is 4.84. The maximum absolute atomic E-state index is 10.9. The van der Waals surface area contributed by atoms with Crippen LogP contribution in [0.3, 0.4) is 0 Å². The third-order valence-corrected chi connectivity index (χ3v) is 3.33. The highest BCUT2D eigenvalue weighted by atomic mass is 16.4. The van der Waals surface area contributed by atoms with E-state index >= 15 is 0 Å². The molecule has 0 saturated heterocycles. The molecule has 1 heterocycles. The number of carboxylic acid groups (broad SMARTS) is 1. The van der Waals surface area contributed by atoms with Crippen LogP contribution in [0.5, 0.6) is 5.75 Å². The molecule has 0 fully saturated rings. The molecule has 0 atom stereocenters. The van der Waals surface area contributed by atoms with E-state index < -0.39 is 5.97 Å². The molecule has 4 nitrogen and oxygen atoms in total. The lowest BCUT2D eigenvalue weighted by Crippen LogP contribution is -1.95. The van der Waals surface area contributed by atoms with E-state index in [1.165, 1.54) is 6.07 Å². The number of aromatic nitrogens is 1. The molecule has 0 saturated carbocycles. The number of rotatable bonds is 3. The topological polar surface area (TPSA) is 70.4 Å². The molecule has 1 aromatic heterocycles. The Bertz CT molecular complexity index is 884. The van der Waals surface area contributed by atoms with E-state index in [-0.39, 0.29) is 11.3 Å². The summed E-state index contributed by atoms with van der Waals surface area (Å²) < 4.78 is 0. The van der Waals surface area contributed by atoms with Crippen LogP contribution in [-0.4, -0.2) is 21.2 Å². The summed E-state index contributed by atoms with van der Waals surface area (Å²) in [6, 6.07) is 15.5. The molecule has 108 valence electrons. The molecule has 0 radical (unpaired) electrons. The van der Waals surface area contributed by atoms with Gasteiger partial charge in [-0.1, -0.05) is 24.3 Å². The second kappa shape index (κ2) is 5.69. The van der Waals surface area contributed by atoms with Crippen LogP contribution in [0.25, 0.3) is 23.1 Å². The van der Waals surface area contributed by atoms with Crippen LogP contribution in [0.4, 0.5) is 0 Å². The maximum Gasteiger partial charge on any atom is 0.335 e. The van der Waals surface area contributed by atoms with Crippen LogP contribution in [0.15, 0.2) is 54.6 Å². The molecule has 0 bridgehead atoms. The van der Waals surface area contributed by atoms with Crippen LogP contribution in [-0.2, 0) is 0 Å². The summed E-state index contributed by atoms with van der Waals surface area (Å²) >= 11 is 0. The largest absolute Gasteiger partial charge is 0.507 e. The number of fused-ring (bicyclic) bond motifs is 1. The van der Waals surface area contributed by atoms with Crippen molar-refractivity contribution in [2.24, 2.45) is 0 Å². The normalized spacial score (nSPS) is 11.1. The monoisotopic (exact) mass is 291 g/mol. The van der Waals surface area contributed by atoms with Crippen molar-refractivity contribution in [1.29, 1.82) is 0 Å². The zero-order valence-corrected chi connectivity index (χ0v) is 11.6. The van der Waals surface area contributed by atoms with Gasteiger partial charge >= 0.3 is 5.97 Å². The highest BCUT2D eigenvalue weighted by Gasteiger charge is 2.04. The first kappa shape index (κ1) is 13.8. The molecule has 0 aliphatic heterocycles. The summed E-state index contributed by atoms with van der Waals surface area (Å²) in [5.74, 6) is -0.740. The number of carbonyl (C=O) groups is 1. The fraction of sp³-hybridized carbons (Fsp3) is 0. The van der Waals surface area contributed by atoms with E-state index in [1.807, 2.05) is 24.3 Å². The summed E-state index contributed by atoms with van der Waals surface area (Å²) in [4.78, 5) is 15.4. The number of hydrogen-bond donors (Lipinski definition) is 2. The Balaban J connectivity index is 1.94. The molecule has 0 amide bonds. The van der Waals surface area contributed by atoms with Crippen molar-refractivity contribution in [3.63, 3.8) is 0 Å². The minimum absolute atomic E-state index is 0.214. The van der Waals surface area contributed by atoms with Gasteiger partial charge in [-0.2, -0.15) is 0 Å². The summed E-state index contributed by atoms with van der Waals surface area (Å²) in [6.07, 6.45) is 3.59. The van der Waals surface area contributed by atoms with Crippen molar-refractivity contribution in [3.8, 4) is 5.75 Å². The number of aromatic hydroxyl groups is 1. The first-order chi connectivity index (χ1) is 10.6. The Morgan fingerprint density at radius 1 is 1.00 bits per heavy atom. The number of aromatic carboxylic acids is 1. The number of hydrogen-bond acceptors (Lipinski definition) is 3. The molecule has 22 heavy (non-hydrogen) atoms. The molecule has 2 N–H and O–H groups in total. The van der Waals surface area contributed by atoms with E-state index in [0.717, 1.165) is 16.6 Å². The van der Waals surface area contributed by atoms with Gasteiger partial charge in [-0.05, 0) is 42.5 Å². The van der Waals surface area contributed by atoms with Crippen molar-refractivity contribution in [2.45, 2.75) is 0 Å². The second-order valence-corrected chi connectivity index (χ2v) is 4.84.